The molecule has 0 unspecified atom stereocenters. The van der Waals surface area contributed by atoms with Crippen LogP contribution in [0.15, 0.2) is 24.3 Å². The van der Waals surface area contributed by atoms with Crippen molar-refractivity contribution < 1.29 is 4.79 Å². The fourth-order valence-electron chi connectivity index (χ4n) is 5.29. The van der Waals surface area contributed by atoms with Crippen molar-refractivity contribution in [3.63, 3.8) is 0 Å². The predicted octanol–water partition coefficient (Wildman–Crippen LogP) is 7.59. The summed E-state index contributed by atoms with van der Waals surface area (Å²) in [5.41, 5.74) is 2.36. The summed E-state index contributed by atoms with van der Waals surface area (Å²) in [7, 11) is 0. The summed E-state index contributed by atoms with van der Waals surface area (Å²) in [4.78, 5) is 17.3. The van der Waals surface area contributed by atoms with E-state index in [0.717, 1.165) is 44.3 Å². The number of rotatable bonds is 16. The molecule has 1 aliphatic carbocycles. The third-order valence-electron chi connectivity index (χ3n) is 7.32. The second-order valence-corrected chi connectivity index (χ2v) is 10.1. The number of amides is 1. The van der Waals surface area contributed by atoms with Gasteiger partial charge < -0.3 is 9.88 Å². The van der Waals surface area contributed by atoms with Gasteiger partial charge in [-0.1, -0.05) is 96.1 Å². The van der Waals surface area contributed by atoms with Crippen LogP contribution in [-0.4, -0.2) is 22.0 Å². The van der Waals surface area contributed by atoms with Gasteiger partial charge in [-0.3, -0.25) is 4.79 Å². The zero-order chi connectivity index (χ0) is 23.1. The Morgan fingerprint density at radius 1 is 0.909 bits per heavy atom. The average molecular weight is 454 g/mol. The van der Waals surface area contributed by atoms with Gasteiger partial charge in [0.05, 0.1) is 11.0 Å². The van der Waals surface area contributed by atoms with E-state index in [-0.39, 0.29) is 11.8 Å². The molecule has 4 heteroatoms. The van der Waals surface area contributed by atoms with Crippen LogP contribution in [-0.2, 0) is 17.8 Å². The quantitative estimate of drug-likeness (QED) is 0.266. The third kappa shape index (κ3) is 8.79. The number of para-hydroxylation sites is 2. The monoisotopic (exact) mass is 453 g/mol. The molecule has 2 aromatic rings. The van der Waals surface area contributed by atoms with Crippen LogP contribution in [0.3, 0.4) is 0 Å². The van der Waals surface area contributed by atoms with Crippen LogP contribution in [0, 0.1) is 5.92 Å². The molecule has 0 aliphatic heterocycles. The highest BCUT2D eigenvalue weighted by Gasteiger charge is 2.20. The second kappa shape index (κ2) is 15.1. The molecule has 1 heterocycles. The van der Waals surface area contributed by atoms with Gasteiger partial charge in [0.1, 0.15) is 5.82 Å². The Bertz CT molecular complexity index is 806. The molecule has 0 saturated heterocycles. The summed E-state index contributed by atoms with van der Waals surface area (Å²) in [6.07, 6.45) is 21.4. The highest BCUT2D eigenvalue weighted by molar-refractivity contribution is 5.78. The van der Waals surface area contributed by atoms with Gasteiger partial charge in [-0.2, -0.15) is 0 Å². The molecule has 0 atom stereocenters. The van der Waals surface area contributed by atoms with Gasteiger partial charge in [-0.15, -0.1) is 0 Å². The van der Waals surface area contributed by atoms with Crippen LogP contribution in [0.2, 0.25) is 0 Å². The number of nitrogens with zero attached hydrogens (tertiary/aromatic N) is 2. The number of aromatic nitrogens is 2. The third-order valence-corrected chi connectivity index (χ3v) is 7.32. The minimum Gasteiger partial charge on any atom is -0.356 e. The van der Waals surface area contributed by atoms with Crippen LogP contribution >= 0.6 is 0 Å². The predicted molar refractivity (Wildman–Crippen MR) is 139 cm³/mol. The summed E-state index contributed by atoms with van der Waals surface area (Å²) in [5.74, 6) is 1.70. The van der Waals surface area contributed by atoms with E-state index in [1.807, 2.05) is 0 Å². The second-order valence-electron chi connectivity index (χ2n) is 10.1. The van der Waals surface area contributed by atoms with E-state index in [0.29, 0.717) is 0 Å². The van der Waals surface area contributed by atoms with Crippen LogP contribution in [0.1, 0.15) is 115 Å². The average Bonchev–Trinajstić information content (AvgIpc) is 3.20. The molecule has 1 aliphatic rings. The van der Waals surface area contributed by atoms with E-state index < -0.39 is 0 Å². The molecule has 1 saturated carbocycles. The van der Waals surface area contributed by atoms with Gasteiger partial charge in [-0.05, 0) is 37.8 Å². The zero-order valence-corrected chi connectivity index (χ0v) is 21.1. The number of unbranched alkanes of at least 4 members (excludes halogenated alkanes) is 9. The highest BCUT2D eigenvalue weighted by Crippen LogP contribution is 2.23. The molecule has 0 spiro atoms. The number of hydrogen-bond acceptors (Lipinski definition) is 2. The van der Waals surface area contributed by atoms with Gasteiger partial charge in [0, 0.05) is 25.4 Å². The van der Waals surface area contributed by atoms with Crippen molar-refractivity contribution in [1.82, 2.24) is 14.9 Å². The summed E-state index contributed by atoms with van der Waals surface area (Å²) in [5, 5.41) is 3.19. The molecule has 184 valence electrons. The Morgan fingerprint density at radius 2 is 1.58 bits per heavy atom. The molecule has 0 radical (unpaired) electrons. The Labute approximate surface area is 201 Å². The Hall–Kier alpha value is -1.84. The fraction of sp³-hybridized carbons (Fsp3) is 0.724. The number of carbonyl (C=O) groups is 1. The maximum atomic E-state index is 12.4. The SMILES string of the molecule is CCCCCCCCCCCCn1c(CCCNC(=O)C2CCCCC2)nc2ccccc21. The lowest BCUT2D eigenvalue weighted by Gasteiger charge is -2.20. The number of benzene rings is 1. The van der Waals surface area contributed by atoms with E-state index in [1.165, 1.54) is 94.8 Å². The molecular weight excluding hydrogens is 406 g/mol. The summed E-state index contributed by atoms with van der Waals surface area (Å²) >= 11 is 0. The standard InChI is InChI=1S/C29H47N3O/c1-2-3-4-5-6-7-8-9-10-16-24-32-27-21-15-14-20-26(27)31-28(32)22-17-23-30-29(33)25-18-12-11-13-19-25/h14-15,20-21,25H,2-13,16-19,22-24H2,1H3,(H,30,33). The van der Waals surface area contributed by atoms with E-state index in [4.69, 9.17) is 4.98 Å². The van der Waals surface area contributed by atoms with Gasteiger partial charge in [0.25, 0.3) is 0 Å². The van der Waals surface area contributed by atoms with E-state index >= 15 is 0 Å². The molecule has 4 nitrogen and oxygen atoms in total. The lowest BCUT2D eigenvalue weighted by molar-refractivity contribution is -0.125. The van der Waals surface area contributed by atoms with Crippen molar-refractivity contribution in [2.75, 3.05) is 6.54 Å². The molecule has 0 bridgehead atoms. The van der Waals surface area contributed by atoms with Crippen LogP contribution < -0.4 is 5.32 Å². The number of fused-ring (bicyclic) bond motifs is 1. The molecule has 1 N–H and O–H groups in total. The molecule has 1 aromatic carbocycles. The normalized spacial score (nSPS) is 14.7. The highest BCUT2D eigenvalue weighted by atomic mass is 16.1. The number of carbonyl (C=O) groups excluding carboxylic acids is 1. The molecule has 1 amide bonds. The summed E-state index contributed by atoms with van der Waals surface area (Å²) < 4.78 is 2.43. The Morgan fingerprint density at radius 3 is 2.30 bits per heavy atom. The summed E-state index contributed by atoms with van der Waals surface area (Å²) in [6.45, 7) is 4.10. The van der Waals surface area contributed by atoms with Crippen molar-refractivity contribution in [3.05, 3.63) is 30.1 Å². The van der Waals surface area contributed by atoms with Gasteiger partial charge in [0.2, 0.25) is 5.91 Å². The van der Waals surface area contributed by atoms with Crippen molar-refractivity contribution in [1.29, 1.82) is 0 Å². The van der Waals surface area contributed by atoms with E-state index in [2.05, 4.69) is 41.1 Å². The molecule has 1 fully saturated rings. The fourth-order valence-corrected chi connectivity index (χ4v) is 5.29. The molecular formula is C29H47N3O. The summed E-state index contributed by atoms with van der Waals surface area (Å²) in [6, 6.07) is 8.52. The zero-order valence-electron chi connectivity index (χ0n) is 21.1. The van der Waals surface area contributed by atoms with Gasteiger partial charge in [-0.25, -0.2) is 4.98 Å². The number of nitrogens with one attached hydrogen (secondary N) is 1. The molecule has 33 heavy (non-hydrogen) atoms. The lowest BCUT2D eigenvalue weighted by Crippen LogP contribution is -2.32. The number of aryl methyl sites for hydroxylation is 2. The lowest BCUT2D eigenvalue weighted by atomic mass is 9.89. The smallest absolute Gasteiger partial charge is 0.223 e. The van der Waals surface area contributed by atoms with E-state index in [1.54, 1.807) is 0 Å². The van der Waals surface area contributed by atoms with Crippen LogP contribution in [0.5, 0.6) is 0 Å². The van der Waals surface area contributed by atoms with Crippen molar-refractivity contribution in [3.8, 4) is 0 Å². The van der Waals surface area contributed by atoms with Gasteiger partial charge >= 0.3 is 0 Å². The van der Waals surface area contributed by atoms with Crippen LogP contribution in [0.4, 0.5) is 0 Å². The minimum atomic E-state index is 0.250. The first-order valence-electron chi connectivity index (χ1n) is 14.0. The number of imidazole rings is 1. The van der Waals surface area contributed by atoms with Gasteiger partial charge in [0.15, 0.2) is 0 Å². The van der Waals surface area contributed by atoms with E-state index in [9.17, 15) is 4.79 Å². The van der Waals surface area contributed by atoms with Crippen molar-refractivity contribution >= 4 is 16.9 Å². The minimum absolute atomic E-state index is 0.250. The first kappa shape index (κ1) is 25.8. The number of hydrogen-bond donors (Lipinski definition) is 1. The molecule has 1 aromatic heterocycles. The largest absolute Gasteiger partial charge is 0.356 e. The maximum Gasteiger partial charge on any atom is 0.223 e. The first-order valence-corrected chi connectivity index (χ1v) is 14.0. The van der Waals surface area contributed by atoms with Crippen LogP contribution in [0.25, 0.3) is 11.0 Å². The topological polar surface area (TPSA) is 46.9 Å². The molecule has 3 rings (SSSR count). The maximum absolute atomic E-state index is 12.4. The Kier molecular flexibility index (Phi) is 11.8. The first-order chi connectivity index (χ1) is 16.3. The van der Waals surface area contributed by atoms with Crippen molar-refractivity contribution in [2.24, 2.45) is 5.92 Å². The van der Waals surface area contributed by atoms with Crippen molar-refractivity contribution in [2.45, 2.75) is 123 Å². The Balaban J connectivity index is 1.39.